The predicted molar refractivity (Wildman–Crippen MR) is 75.0 cm³/mol. The maximum atomic E-state index is 4.38. The first-order valence-corrected chi connectivity index (χ1v) is 7.14. The second-order valence-electron chi connectivity index (χ2n) is 4.86. The van der Waals surface area contributed by atoms with Gasteiger partial charge in [0.15, 0.2) is 0 Å². The first-order valence-electron chi connectivity index (χ1n) is 7.14. The van der Waals surface area contributed by atoms with E-state index in [-0.39, 0.29) is 0 Å². The minimum absolute atomic E-state index is 0.970. The summed E-state index contributed by atoms with van der Waals surface area (Å²) in [6, 6.07) is 0. The lowest BCUT2D eigenvalue weighted by atomic mass is 10.2. The molecule has 1 heterocycles. The lowest BCUT2D eigenvalue weighted by molar-refractivity contribution is 0.300. The van der Waals surface area contributed by atoms with Gasteiger partial charge in [-0.2, -0.15) is 0 Å². The zero-order valence-corrected chi connectivity index (χ0v) is 11.6. The molecular formula is C14H24N4. The highest BCUT2D eigenvalue weighted by Gasteiger charge is 2.16. The van der Waals surface area contributed by atoms with E-state index in [1.54, 1.807) is 6.33 Å². The largest absolute Gasteiger partial charge is 0.368 e. The maximum absolute atomic E-state index is 4.38. The van der Waals surface area contributed by atoms with Gasteiger partial charge in [-0.3, -0.25) is 0 Å². The molecule has 4 heteroatoms. The summed E-state index contributed by atoms with van der Waals surface area (Å²) < 4.78 is 0. The Hall–Kier alpha value is -1.16. The molecule has 0 saturated heterocycles. The third-order valence-electron chi connectivity index (χ3n) is 3.58. The Bertz CT molecular complexity index is 378. The van der Waals surface area contributed by atoms with Crippen LogP contribution in [-0.2, 0) is 12.8 Å². The quantitative estimate of drug-likeness (QED) is 0.802. The van der Waals surface area contributed by atoms with Gasteiger partial charge in [0.05, 0.1) is 0 Å². The molecule has 18 heavy (non-hydrogen) atoms. The second kappa shape index (κ2) is 6.69. The van der Waals surface area contributed by atoms with Gasteiger partial charge in [-0.1, -0.05) is 13.8 Å². The zero-order valence-electron chi connectivity index (χ0n) is 11.6. The lowest BCUT2D eigenvalue weighted by Crippen LogP contribution is -2.30. The third-order valence-corrected chi connectivity index (χ3v) is 3.58. The topological polar surface area (TPSA) is 41.0 Å². The monoisotopic (exact) mass is 248 g/mol. The van der Waals surface area contributed by atoms with Crippen LogP contribution < -0.4 is 5.32 Å². The van der Waals surface area contributed by atoms with E-state index in [0.717, 1.165) is 38.3 Å². The van der Waals surface area contributed by atoms with Gasteiger partial charge in [0, 0.05) is 24.3 Å². The Kier molecular flexibility index (Phi) is 4.93. The summed E-state index contributed by atoms with van der Waals surface area (Å²) >= 11 is 0. The van der Waals surface area contributed by atoms with Crippen molar-refractivity contribution in [1.82, 2.24) is 14.9 Å². The molecule has 0 bridgehead atoms. The third kappa shape index (κ3) is 3.19. The molecule has 0 fully saturated rings. The van der Waals surface area contributed by atoms with Crippen LogP contribution in [0, 0.1) is 0 Å². The predicted octanol–water partition coefficient (Wildman–Crippen LogP) is 2.11. The molecule has 0 saturated carbocycles. The number of hydrogen-bond acceptors (Lipinski definition) is 4. The first kappa shape index (κ1) is 13.3. The van der Waals surface area contributed by atoms with E-state index in [1.807, 2.05) is 0 Å². The number of anilines is 1. The number of aromatic nitrogens is 2. The van der Waals surface area contributed by atoms with Gasteiger partial charge in [0.25, 0.3) is 0 Å². The minimum Gasteiger partial charge on any atom is -0.368 e. The molecule has 0 radical (unpaired) electrons. The van der Waals surface area contributed by atoms with Crippen molar-refractivity contribution in [3.8, 4) is 0 Å². The Balaban J connectivity index is 1.85. The van der Waals surface area contributed by atoms with Gasteiger partial charge in [-0.25, -0.2) is 9.97 Å². The summed E-state index contributed by atoms with van der Waals surface area (Å²) in [6.45, 7) is 8.81. The van der Waals surface area contributed by atoms with E-state index >= 15 is 0 Å². The van der Waals surface area contributed by atoms with Crippen molar-refractivity contribution < 1.29 is 0 Å². The summed E-state index contributed by atoms with van der Waals surface area (Å²) in [6.07, 6.45) is 6.38. The molecule has 0 amide bonds. The minimum atomic E-state index is 0.970. The fraction of sp³-hybridized carbons (Fsp3) is 0.714. The van der Waals surface area contributed by atoms with E-state index in [1.165, 1.54) is 30.6 Å². The fourth-order valence-corrected chi connectivity index (χ4v) is 2.59. The van der Waals surface area contributed by atoms with E-state index in [2.05, 4.69) is 34.0 Å². The number of likely N-dealkylation sites (N-methyl/N-ethyl adjacent to an activating group) is 1. The van der Waals surface area contributed by atoms with Crippen LogP contribution in [-0.4, -0.2) is 41.0 Å². The number of nitrogens with zero attached hydrogens (tertiary/aromatic N) is 3. The van der Waals surface area contributed by atoms with Crippen LogP contribution in [0.15, 0.2) is 6.33 Å². The Morgan fingerprint density at radius 2 is 2.11 bits per heavy atom. The SMILES string of the molecule is CCCN(CC)CCNc1ncnc2c1CCC2. The van der Waals surface area contributed by atoms with Crippen LogP contribution in [0.5, 0.6) is 0 Å². The summed E-state index contributed by atoms with van der Waals surface area (Å²) in [7, 11) is 0. The molecule has 0 unspecified atom stereocenters. The van der Waals surface area contributed by atoms with Gasteiger partial charge >= 0.3 is 0 Å². The Labute approximate surface area is 110 Å². The van der Waals surface area contributed by atoms with Crippen LogP contribution in [0.25, 0.3) is 0 Å². The van der Waals surface area contributed by atoms with Crippen LogP contribution in [0.3, 0.4) is 0 Å². The van der Waals surface area contributed by atoms with Crippen molar-refractivity contribution in [2.24, 2.45) is 0 Å². The number of fused-ring (bicyclic) bond motifs is 1. The molecule has 1 aromatic rings. The van der Waals surface area contributed by atoms with Crippen molar-refractivity contribution in [2.45, 2.75) is 39.5 Å². The molecule has 0 spiro atoms. The summed E-state index contributed by atoms with van der Waals surface area (Å²) in [5, 5.41) is 3.48. The Morgan fingerprint density at radius 3 is 2.89 bits per heavy atom. The van der Waals surface area contributed by atoms with Gasteiger partial charge in [-0.15, -0.1) is 0 Å². The van der Waals surface area contributed by atoms with Crippen LogP contribution in [0.1, 0.15) is 37.9 Å². The molecule has 0 aromatic carbocycles. The summed E-state index contributed by atoms with van der Waals surface area (Å²) in [5.41, 5.74) is 2.59. The van der Waals surface area contributed by atoms with E-state index in [0.29, 0.717) is 0 Å². The van der Waals surface area contributed by atoms with Crippen LogP contribution in [0.2, 0.25) is 0 Å². The van der Waals surface area contributed by atoms with Crippen molar-refractivity contribution in [2.75, 3.05) is 31.5 Å². The van der Waals surface area contributed by atoms with Crippen LogP contribution >= 0.6 is 0 Å². The van der Waals surface area contributed by atoms with Crippen molar-refractivity contribution in [3.05, 3.63) is 17.6 Å². The van der Waals surface area contributed by atoms with E-state index in [4.69, 9.17) is 0 Å². The van der Waals surface area contributed by atoms with Gasteiger partial charge < -0.3 is 10.2 Å². The molecule has 0 aliphatic heterocycles. The van der Waals surface area contributed by atoms with E-state index in [9.17, 15) is 0 Å². The zero-order chi connectivity index (χ0) is 12.8. The molecular weight excluding hydrogens is 224 g/mol. The average Bonchev–Trinajstić information content (AvgIpc) is 2.86. The van der Waals surface area contributed by atoms with Gasteiger partial charge in [0.2, 0.25) is 0 Å². The smallest absolute Gasteiger partial charge is 0.132 e. The molecule has 1 aliphatic carbocycles. The number of aryl methyl sites for hydroxylation is 1. The highest BCUT2D eigenvalue weighted by Crippen LogP contribution is 2.24. The second-order valence-corrected chi connectivity index (χ2v) is 4.86. The summed E-state index contributed by atoms with van der Waals surface area (Å²) in [5.74, 6) is 1.06. The molecule has 100 valence electrons. The van der Waals surface area contributed by atoms with Crippen molar-refractivity contribution in [1.29, 1.82) is 0 Å². The first-order chi connectivity index (χ1) is 8.85. The molecule has 4 nitrogen and oxygen atoms in total. The van der Waals surface area contributed by atoms with Crippen molar-refractivity contribution in [3.63, 3.8) is 0 Å². The average molecular weight is 248 g/mol. The van der Waals surface area contributed by atoms with Gasteiger partial charge in [0.1, 0.15) is 12.1 Å². The molecule has 2 rings (SSSR count). The highest BCUT2D eigenvalue weighted by molar-refractivity contribution is 5.47. The molecule has 0 atom stereocenters. The molecule has 1 N–H and O–H groups in total. The van der Waals surface area contributed by atoms with E-state index < -0.39 is 0 Å². The number of nitrogens with one attached hydrogen (secondary N) is 1. The maximum Gasteiger partial charge on any atom is 0.132 e. The number of hydrogen-bond donors (Lipinski definition) is 1. The molecule has 1 aliphatic rings. The number of rotatable bonds is 7. The fourth-order valence-electron chi connectivity index (χ4n) is 2.59. The summed E-state index contributed by atoms with van der Waals surface area (Å²) in [4.78, 5) is 11.2. The molecule has 1 aromatic heterocycles. The van der Waals surface area contributed by atoms with Crippen LogP contribution in [0.4, 0.5) is 5.82 Å². The Morgan fingerprint density at radius 1 is 1.22 bits per heavy atom. The standard InChI is InChI=1S/C14H24N4/c1-3-9-18(4-2)10-8-15-14-12-6-5-7-13(12)16-11-17-14/h11H,3-10H2,1-2H3,(H,15,16,17). The van der Waals surface area contributed by atoms with Crippen molar-refractivity contribution >= 4 is 5.82 Å². The normalized spacial score (nSPS) is 13.9. The van der Waals surface area contributed by atoms with Gasteiger partial charge in [-0.05, 0) is 38.8 Å². The highest BCUT2D eigenvalue weighted by atomic mass is 15.1. The lowest BCUT2D eigenvalue weighted by Gasteiger charge is -2.20.